The zero-order valence-electron chi connectivity index (χ0n) is 18.4. The number of nitrogens with zero attached hydrogens (tertiary/aromatic N) is 2. The van der Waals surface area contributed by atoms with Crippen LogP contribution in [0.15, 0.2) is 57.5 Å². The molecule has 0 aliphatic carbocycles. The van der Waals surface area contributed by atoms with E-state index in [2.05, 4.69) is 37.2 Å². The lowest BCUT2D eigenvalue weighted by Crippen LogP contribution is -2.52. The molecule has 0 bridgehead atoms. The number of anilines is 1. The first-order valence-corrected chi connectivity index (χ1v) is 13.4. The van der Waals surface area contributed by atoms with E-state index in [1.54, 1.807) is 31.2 Å². The van der Waals surface area contributed by atoms with Gasteiger partial charge in [0.1, 0.15) is 12.6 Å². The van der Waals surface area contributed by atoms with Crippen molar-refractivity contribution in [2.45, 2.75) is 39.4 Å². The number of sulfonamides is 1. The van der Waals surface area contributed by atoms with E-state index in [-0.39, 0.29) is 18.5 Å². The molecule has 2 rings (SSSR count). The maximum absolute atomic E-state index is 13.4. The van der Waals surface area contributed by atoms with Gasteiger partial charge in [-0.15, -0.1) is 0 Å². The highest BCUT2D eigenvalue weighted by Gasteiger charge is 2.30. The number of hydrogen-bond acceptors (Lipinski definition) is 4. The molecule has 7 nitrogen and oxygen atoms in total. The Bertz CT molecular complexity index is 1040. The van der Waals surface area contributed by atoms with E-state index in [0.29, 0.717) is 5.69 Å². The number of halogens is 2. The molecule has 0 unspecified atom stereocenters. The van der Waals surface area contributed by atoms with Gasteiger partial charge in [0.2, 0.25) is 21.8 Å². The molecule has 0 fully saturated rings. The van der Waals surface area contributed by atoms with Crippen molar-refractivity contribution in [1.29, 1.82) is 0 Å². The Hall–Kier alpha value is -1.91. The van der Waals surface area contributed by atoms with Gasteiger partial charge in [0, 0.05) is 21.5 Å². The molecule has 0 aliphatic rings. The molecule has 1 atom stereocenters. The van der Waals surface area contributed by atoms with Crippen LogP contribution in [0.2, 0.25) is 0 Å². The standard InChI is InChI=1S/C22H27Br2N3O4S/c1-15(2)25-22(29)16(3)26(13-17-5-7-18(23)8-6-17)21(28)14-27(32(4,30)31)20-11-9-19(24)10-12-20/h5-12,15-16H,13-14H2,1-4H3,(H,25,29)/t16-/m0/s1. The van der Waals surface area contributed by atoms with Crippen LogP contribution in [0.3, 0.4) is 0 Å². The lowest BCUT2D eigenvalue weighted by molar-refractivity contribution is -0.139. The maximum atomic E-state index is 13.4. The molecule has 32 heavy (non-hydrogen) atoms. The number of amides is 2. The van der Waals surface area contributed by atoms with Crippen LogP contribution in [0.4, 0.5) is 5.69 Å². The quantitative estimate of drug-likeness (QED) is 0.481. The molecule has 2 aromatic carbocycles. The van der Waals surface area contributed by atoms with Gasteiger partial charge in [-0.1, -0.05) is 44.0 Å². The summed E-state index contributed by atoms with van der Waals surface area (Å²) < 4.78 is 27.7. The monoisotopic (exact) mass is 587 g/mol. The Morgan fingerprint density at radius 3 is 1.91 bits per heavy atom. The number of carbonyl (C=O) groups excluding carboxylic acids is 2. The molecule has 2 amide bonds. The minimum absolute atomic E-state index is 0.0927. The molecule has 0 aliphatic heterocycles. The molecule has 10 heteroatoms. The lowest BCUT2D eigenvalue weighted by atomic mass is 10.1. The molecule has 0 aromatic heterocycles. The highest BCUT2D eigenvalue weighted by Crippen LogP contribution is 2.22. The normalized spacial score (nSPS) is 12.3. The van der Waals surface area contributed by atoms with E-state index in [1.165, 1.54) is 4.90 Å². The molecule has 0 saturated carbocycles. The summed E-state index contributed by atoms with van der Waals surface area (Å²) in [6.07, 6.45) is 1.05. The third-order valence-corrected chi connectivity index (χ3v) is 6.86. The zero-order valence-corrected chi connectivity index (χ0v) is 22.4. The average molecular weight is 589 g/mol. The van der Waals surface area contributed by atoms with E-state index in [0.717, 1.165) is 25.1 Å². The fraction of sp³-hybridized carbons (Fsp3) is 0.364. The Morgan fingerprint density at radius 2 is 1.44 bits per heavy atom. The van der Waals surface area contributed by atoms with Crippen molar-refractivity contribution < 1.29 is 18.0 Å². The number of benzene rings is 2. The van der Waals surface area contributed by atoms with E-state index in [4.69, 9.17) is 0 Å². The average Bonchev–Trinajstić information content (AvgIpc) is 2.70. The smallest absolute Gasteiger partial charge is 0.244 e. The summed E-state index contributed by atoms with van der Waals surface area (Å²) in [5, 5.41) is 2.82. The van der Waals surface area contributed by atoms with Crippen molar-refractivity contribution in [3.63, 3.8) is 0 Å². The van der Waals surface area contributed by atoms with Crippen LogP contribution < -0.4 is 9.62 Å². The molecular formula is C22H27Br2N3O4S. The van der Waals surface area contributed by atoms with Gasteiger partial charge >= 0.3 is 0 Å². The molecule has 0 heterocycles. The summed E-state index contributed by atoms with van der Waals surface area (Å²) in [6, 6.07) is 13.2. The van der Waals surface area contributed by atoms with Crippen LogP contribution in [0, 0.1) is 0 Å². The summed E-state index contributed by atoms with van der Waals surface area (Å²) in [7, 11) is -3.74. The van der Waals surface area contributed by atoms with Crippen molar-refractivity contribution in [1.82, 2.24) is 10.2 Å². The van der Waals surface area contributed by atoms with Crippen molar-refractivity contribution in [2.75, 3.05) is 17.1 Å². The lowest BCUT2D eigenvalue weighted by Gasteiger charge is -2.32. The van der Waals surface area contributed by atoms with Gasteiger partial charge in [-0.05, 0) is 62.7 Å². The summed E-state index contributed by atoms with van der Waals surface area (Å²) in [6.45, 7) is 5.06. The predicted octanol–water partition coefficient (Wildman–Crippen LogP) is 3.92. The summed E-state index contributed by atoms with van der Waals surface area (Å²) in [4.78, 5) is 27.4. The zero-order chi connectivity index (χ0) is 24.1. The molecule has 0 saturated heterocycles. The first-order chi connectivity index (χ1) is 14.9. The highest BCUT2D eigenvalue weighted by molar-refractivity contribution is 9.10. The van der Waals surface area contributed by atoms with Gasteiger partial charge in [0.05, 0.1) is 11.9 Å². The van der Waals surface area contributed by atoms with Crippen LogP contribution in [0.25, 0.3) is 0 Å². The maximum Gasteiger partial charge on any atom is 0.244 e. The van der Waals surface area contributed by atoms with Gasteiger partial charge in [0.15, 0.2) is 0 Å². The minimum Gasteiger partial charge on any atom is -0.352 e. The van der Waals surface area contributed by atoms with Crippen molar-refractivity contribution in [3.8, 4) is 0 Å². The van der Waals surface area contributed by atoms with Crippen molar-refractivity contribution in [3.05, 3.63) is 63.0 Å². The van der Waals surface area contributed by atoms with Gasteiger partial charge in [-0.3, -0.25) is 13.9 Å². The third kappa shape index (κ3) is 7.60. The van der Waals surface area contributed by atoms with Crippen LogP contribution >= 0.6 is 31.9 Å². The summed E-state index contributed by atoms with van der Waals surface area (Å²) in [5.41, 5.74) is 1.19. The topological polar surface area (TPSA) is 86.8 Å². The van der Waals surface area contributed by atoms with E-state index < -0.39 is 28.5 Å². The van der Waals surface area contributed by atoms with Crippen molar-refractivity contribution in [2.24, 2.45) is 0 Å². The second-order valence-corrected chi connectivity index (χ2v) is 11.5. The first kappa shape index (κ1) is 26.3. The predicted molar refractivity (Wildman–Crippen MR) is 134 cm³/mol. The molecule has 174 valence electrons. The second kappa shape index (κ2) is 11.3. The first-order valence-electron chi connectivity index (χ1n) is 9.96. The molecule has 0 radical (unpaired) electrons. The third-order valence-electron chi connectivity index (χ3n) is 4.66. The molecule has 1 N–H and O–H groups in total. The van der Waals surface area contributed by atoms with Gasteiger partial charge in [-0.2, -0.15) is 0 Å². The van der Waals surface area contributed by atoms with Gasteiger partial charge in [0.25, 0.3) is 0 Å². The largest absolute Gasteiger partial charge is 0.352 e. The van der Waals surface area contributed by atoms with Crippen LogP contribution in [0.5, 0.6) is 0 Å². The molecule has 0 spiro atoms. The van der Waals surface area contributed by atoms with E-state index >= 15 is 0 Å². The number of hydrogen-bond donors (Lipinski definition) is 1. The minimum atomic E-state index is -3.74. The van der Waals surface area contributed by atoms with E-state index in [1.807, 2.05) is 38.1 Å². The van der Waals surface area contributed by atoms with Gasteiger partial charge < -0.3 is 10.2 Å². The Kier molecular flexibility index (Phi) is 9.29. The number of carbonyl (C=O) groups is 2. The number of rotatable bonds is 9. The fourth-order valence-corrected chi connectivity index (χ4v) is 4.37. The fourth-order valence-electron chi connectivity index (χ4n) is 3.00. The molecule has 2 aromatic rings. The number of nitrogens with one attached hydrogen (secondary N) is 1. The van der Waals surface area contributed by atoms with Crippen LogP contribution in [-0.2, 0) is 26.2 Å². The SMILES string of the molecule is CC(C)NC(=O)[C@H](C)N(Cc1ccc(Br)cc1)C(=O)CN(c1ccc(Br)cc1)S(C)(=O)=O. The van der Waals surface area contributed by atoms with Crippen LogP contribution in [0.1, 0.15) is 26.3 Å². The Balaban J connectivity index is 2.36. The molecular weight excluding hydrogens is 562 g/mol. The van der Waals surface area contributed by atoms with Crippen LogP contribution in [-0.4, -0.2) is 50.0 Å². The Labute approximate surface area is 206 Å². The summed E-state index contributed by atoms with van der Waals surface area (Å²) >= 11 is 6.71. The highest BCUT2D eigenvalue weighted by atomic mass is 79.9. The Morgan fingerprint density at radius 1 is 0.938 bits per heavy atom. The van der Waals surface area contributed by atoms with Crippen molar-refractivity contribution >= 4 is 59.4 Å². The second-order valence-electron chi connectivity index (χ2n) is 7.73. The van der Waals surface area contributed by atoms with E-state index in [9.17, 15) is 18.0 Å². The summed E-state index contributed by atoms with van der Waals surface area (Å²) in [5.74, 6) is -0.785. The van der Waals surface area contributed by atoms with Gasteiger partial charge in [-0.25, -0.2) is 8.42 Å².